The second-order valence-corrected chi connectivity index (χ2v) is 4.46. The normalized spacial score (nSPS) is 39.8. The molecule has 1 heteroatoms. The van der Waals surface area contributed by atoms with E-state index in [0.29, 0.717) is 0 Å². The van der Waals surface area contributed by atoms with Crippen LogP contribution in [0.1, 0.15) is 39.5 Å². The molecule has 2 rings (SSSR count). The van der Waals surface area contributed by atoms with Crippen molar-refractivity contribution in [2.45, 2.75) is 45.6 Å². The summed E-state index contributed by atoms with van der Waals surface area (Å²) in [5.41, 5.74) is 0. The molecule has 0 unspecified atom stereocenters. The van der Waals surface area contributed by atoms with Crippen LogP contribution >= 0.6 is 0 Å². The molecule has 0 aliphatic heterocycles. The van der Waals surface area contributed by atoms with Gasteiger partial charge in [0.25, 0.3) is 0 Å². The van der Waals surface area contributed by atoms with Crippen LogP contribution in [0.25, 0.3) is 0 Å². The van der Waals surface area contributed by atoms with Gasteiger partial charge in [-0.25, -0.2) is 0 Å². The molecule has 0 aromatic heterocycles. The van der Waals surface area contributed by atoms with E-state index in [0.717, 1.165) is 17.9 Å². The SMILES string of the molecule is CCN(CC)[C@H]1C[C@H]2CC[C@H]1C2. The molecule has 1 nitrogen and oxygen atoms in total. The standard InChI is InChI=1S/C11H21N/c1-3-12(4-2)11-8-9-5-6-10(11)7-9/h9-11H,3-8H2,1-2H3/t9-,10-,11-/m0/s1. The van der Waals surface area contributed by atoms with Gasteiger partial charge >= 0.3 is 0 Å². The summed E-state index contributed by atoms with van der Waals surface area (Å²) >= 11 is 0. The highest BCUT2D eigenvalue weighted by atomic mass is 15.2. The largest absolute Gasteiger partial charge is 0.301 e. The molecule has 0 aromatic carbocycles. The molecule has 0 saturated heterocycles. The van der Waals surface area contributed by atoms with Crippen LogP contribution in [0.4, 0.5) is 0 Å². The zero-order valence-corrected chi connectivity index (χ0v) is 8.42. The first-order valence-electron chi connectivity index (χ1n) is 5.59. The third-order valence-corrected chi connectivity index (χ3v) is 3.98. The van der Waals surface area contributed by atoms with Crippen LogP contribution in [0.3, 0.4) is 0 Å². The van der Waals surface area contributed by atoms with E-state index in [1.54, 1.807) is 6.42 Å². The fourth-order valence-electron chi connectivity index (χ4n) is 3.35. The predicted octanol–water partition coefficient (Wildman–Crippen LogP) is 2.52. The molecule has 12 heavy (non-hydrogen) atoms. The Bertz CT molecular complexity index is 151. The molecular weight excluding hydrogens is 146 g/mol. The van der Waals surface area contributed by atoms with Crippen molar-refractivity contribution in [3.05, 3.63) is 0 Å². The van der Waals surface area contributed by atoms with Crippen LogP contribution in [0, 0.1) is 11.8 Å². The van der Waals surface area contributed by atoms with Crippen LogP contribution < -0.4 is 0 Å². The van der Waals surface area contributed by atoms with Crippen LogP contribution in [0.5, 0.6) is 0 Å². The zero-order chi connectivity index (χ0) is 8.55. The quantitative estimate of drug-likeness (QED) is 0.624. The van der Waals surface area contributed by atoms with Crippen molar-refractivity contribution >= 4 is 0 Å². The summed E-state index contributed by atoms with van der Waals surface area (Å²) in [6.45, 7) is 7.11. The Hall–Kier alpha value is -0.0400. The molecule has 0 N–H and O–H groups in total. The molecule has 2 aliphatic rings. The minimum atomic E-state index is 0.957. The lowest BCUT2D eigenvalue weighted by molar-refractivity contribution is 0.157. The number of hydrogen-bond donors (Lipinski definition) is 0. The lowest BCUT2D eigenvalue weighted by Gasteiger charge is -2.32. The van der Waals surface area contributed by atoms with Gasteiger partial charge in [-0.2, -0.15) is 0 Å². The Morgan fingerprint density at radius 3 is 2.25 bits per heavy atom. The molecule has 0 heterocycles. The summed E-state index contributed by atoms with van der Waals surface area (Å²) in [7, 11) is 0. The van der Waals surface area contributed by atoms with Crippen LogP contribution in [0.2, 0.25) is 0 Å². The van der Waals surface area contributed by atoms with E-state index in [1.807, 2.05) is 0 Å². The summed E-state index contributed by atoms with van der Waals surface area (Å²) < 4.78 is 0. The van der Waals surface area contributed by atoms with Gasteiger partial charge in [0.1, 0.15) is 0 Å². The topological polar surface area (TPSA) is 3.24 Å². The van der Waals surface area contributed by atoms with Gasteiger partial charge in [-0.3, -0.25) is 0 Å². The van der Waals surface area contributed by atoms with E-state index in [2.05, 4.69) is 18.7 Å². The molecule has 0 aromatic rings. The van der Waals surface area contributed by atoms with E-state index in [9.17, 15) is 0 Å². The van der Waals surface area contributed by atoms with Crippen molar-refractivity contribution in [2.75, 3.05) is 13.1 Å². The Balaban J connectivity index is 1.96. The zero-order valence-electron chi connectivity index (χ0n) is 8.42. The molecule has 70 valence electrons. The molecule has 3 atom stereocenters. The van der Waals surface area contributed by atoms with E-state index < -0.39 is 0 Å². The molecule has 2 saturated carbocycles. The molecule has 0 amide bonds. The van der Waals surface area contributed by atoms with E-state index >= 15 is 0 Å². The number of hydrogen-bond acceptors (Lipinski definition) is 1. The number of rotatable bonds is 3. The maximum atomic E-state index is 2.67. The van der Waals surface area contributed by atoms with Gasteiger partial charge < -0.3 is 4.90 Å². The Morgan fingerprint density at radius 1 is 1.08 bits per heavy atom. The Labute approximate surface area is 76.1 Å². The highest BCUT2D eigenvalue weighted by molar-refractivity contribution is 4.94. The van der Waals surface area contributed by atoms with Gasteiger partial charge in [0.05, 0.1) is 0 Å². The van der Waals surface area contributed by atoms with Gasteiger partial charge in [-0.15, -0.1) is 0 Å². The minimum Gasteiger partial charge on any atom is -0.301 e. The first-order chi connectivity index (χ1) is 5.85. The first kappa shape index (κ1) is 8.55. The van der Waals surface area contributed by atoms with Gasteiger partial charge in [0, 0.05) is 6.04 Å². The lowest BCUT2D eigenvalue weighted by Crippen LogP contribution is -2.38. The van der Waals surface area contributed by atoms with E-state index in [-0.39, 0.29) is 0 Å². The van der Waals surface area contributed by atoms with Gasteiger partial charge in [-0.1, -0.05) is 20.3 Å². The summed E-state index contributed by atoms with van der Waals surface area (Å²) in [4.78, 5) is 2.67. The second kappa shape index (κ2) is 3.37. The molecule has 0 spiro atoms. The minimum absolute atomic E-state index is 0.957. The van der Waals surface area contributed by atoms with Gasteiger partial charge in [0.2, 0.25) is 0 Å². The Kier molecular flexibility index (Phi) is 2.40. The smallest absolute Gasteiger partial charge is 0.0126 e. The Morgan fingerprint density at radius 2 is 1.83 bits per heavy atom. The third kappa shape index (κ3) is 1.28. The van der Waals surface area contributed by atoms with Gasteiger partial charge in [0.15, 0.2) is 0 Å². The lowest BCUT2D eigenvalue weighted by atomic mass is 9.94. The number of nitrogens with zero attached hydrogens (tertiary/aromatic N) is 1. The molecular formula is C11H21N. The van der Waals surface area contributed by atoms with Crippen molar-refractivity contribution in [2.24, 2.45) is 11.8 Å². The van der Waals surface area contributed by atoms with Gasteiger partial charge in [-0.05, 0) is 44.2 Å². The summed E-state index contributed by atoms with van der Waals surface area (Å²) in [6, 6.07) is 0.957. The summed E-state index contributed by atoms with van der Waals surface area (Å²) in [6.07, 6.45) is 6.10. The van der Waals surface area contributed by atoms with Crippen molar-refractivity contribution in [1.82, 2.24) is 4.90 Å². The van der Waals surface area contributed by atoms with Crippen LogP contribution in [0.15, 0.2) is 0 Å². The summed E-state index contributed by atoms with van der Waals surface area (Å²) in [5.74, 6) is 2.16. The van der Waals surface area contributed by atoms with Crippen molar-refractivity contribution in [1.29, 1.82) is 0 Å². The molecule has 2 bridgehead atoms. The monoisotopic (exact) mass is 167 g/mol. The number of fused-ring (bicyclic) bond motifs is 2. The highest BCUT2D eigenvalue weighted by Gasteiger charge is 2.41. The van der Waals surface area contributed by atoms with Crippen LogP contribution in [-0.4, -0.2) is 24.0 Å². The highest BCUT2D eigenvalue weighted by Crippen LogP contribution is 2.46. The average molecular weight is 167 g/mol. The van der Waals surface area contributed by atoms with Crippen molar-refractivity contribution < 1.29 is 0 Å². The summed E-state index contributed by atoms with van der Waals surface area (Å²) in [5, 5.41) is 0. The maximum Gasteiger partial charge on any atom is 0.0126 e. The molecule has 0 radical (unpaired) electrons. The second-order valence-electron chi connectivity index (χ2n) is 4.46. The molecule has 2 fully saturated rings. The first-order valence-corrected chi connectivity index (χ1v) is 5.59. The predicted molar refractivity (Wildman–Crippen MR) is 52.2 cm³/mol. The van der Waals surface area contributed by atoms with Crippen molar-refractivity contribution in [3.63, 3.8) is 0 Å². The molecule has 2 aliphatic carbocycles. The van der Waals surface area contributed by atoms with Crippen molar-refractivity contribution in [3.8, 4) is 0 Å². The average Bonchev–Trinajstić information content (AvgIpc) is 2.67. The van der Waals surface area contributed by atoms with Crippen LogP contribution in [-0.2, 0) is 0 Å². The van der Waals surface area contributed by atoms with E-state index in [4.69, 9.17) is 0 Å². The fraction of sp³-hybridized carbons (Fsp3) is 1.00. The van der Waals surface area contributed by atoms with E-state index in [1.165, 1.54) is 32.4 Å². The fourth-order valence-corrected chi connectivity index (χ4v) is 3.35. The maximum absolute atomic E-state index is 2.67. The third-order valence-electron chi connectivity index (χ3n) is 3.98.